The second kappa shape index (κ2) is 7.40. The SMILES string of the molecule is Cc1ccc(C)c(CSc2nnc(-c3ccco3)n2-c2ccc(F)cc2)c1. The molecule has 136 valence electrons. The number of thioether (sulfide) groups is 1. The summed E-state index contributed by atoms with van der Waals surface area (Å²) in [6, 6.07) is 16.4. The Bertz CT molecular complexity index is 1060. The van der Waals surface area contributed by atoms with Crippen LogP contribution in [0.1, 0.15) is 16.7 Å². The standard InChI is InChI=1S/C21H18FN3OS/c1-14-5-6-15(2)16(12-14)13-27-21-24-23-20(19-4-3-11-26-19)25(21)18-9-7-17(22)8-10-18/h3-12H,13H2,1-2H3. The molecule has 4 rings (SSSR count). The van der Waals surface area contributed by atoms with Gasteiger partial charge in [-0.25, -0.2) is 4.39 Å². The van der Waals surface area contributed by atoms with Gasteiger partial charge in [-0.3, -0.25) is 4.57 Å². The van der Waals surface area contributed by atoms with Gasteiger partial charge in [0.05, 0.1) is 12.0 Å². The Kier molecular flexibility index (Phi) is 4.81. The molecule has 0 amide bonds. The van der Waals surface area contributed by atoms with Crippen LogP contribution in [0.25, 0.3) is 17.3 Å². The first-order chi connectivity index (χ1) is 13.1. The molecular weight excluding hydrogens is 361 g/mol. The van der Waals surface area contributed by atoms with Crippen molar-refractivity contribution in [2.45, 2.75) is 24.8 Å². The summed E-state index contributed by atoms with van der Waals surface area (Å²) in [7, 11) is 0. The van der Waals surface area contributed by atoms with Crippen molar-refractivity contribution in [1.29, 1.82) is 0 Å². The van der Waals surface area contributed by atoms with Crippen LogP contribution in [0.4, 0.5) is 4.39 Å². The number of halogens is 1. The van der Waals surface area contributed by atoms with E-state index < -0.39 is 0 Å². The van der Waals surface area contributed by atoms with Crippen LogP contribution in [0, 0.1) is 19.7 Å². The van der Waals surface area contributed by atoms with Crippen molar-refractivity contribution in [3.8, 4) is 17.3 Å². The molecule has 0 spiro atoms. The fourth-order valence-corrected chi connectivity index (χ4v) is 3.86. The normalized spacial score (nSPS) is 11.1. The van der Waals surface area contributed by atoms with Gasteiger partial charge in [-0.15, -0.1) is 10.2 Å². The second-order valence-corrected chi connectivity index (χ2v) is 7.26. The average Bonchev–Trinajstić information content (AvgIpc) is 3.32. The molecule has 0 bridgehead atoms. The molecular formula is C21H18FN3OS. The van der Waals surface area contributed by atoms with Crippen molar-refractivity contribution in [2.75, 3.05) is 0 Å². The van der Waals surface area contributed by atoms with Crippen LogP contribution in [0.5, 0.6) is 0 Å². The molecule has 0 unspecified atom stereocenters. The van der Waals surface area contributed by atoms with Crippen LogP contribution in [0.3, 0.4) is 0 Å². The first-order valence-corrected chi connectivity index (χ1v) is 9.54. The van der Waals surface area contributed by atoms with E-state index in [1.54, 1.807) is 30.2 Å². The van der Waals surface area contributed by atoms with Gasteiger partial charge in [0.1, 0.15) is 5.82 Å². The molecule has 2 aromatic carbocycles. The van der Waals surface area contributed by atoms with E-state index in [4.69, 9.17) is 4.42 Å². The third-order valence-corrected chi connectivity index (χ3v) is 5.30. The summed E-state index contributed by atoms with van der Waals surface area (Å²) in [5.41, 5.74) is 4.52. The Morgan fingerprint density at radius 1 is 1.04 bits per heavy atom. The first kappa shape index (κ1) is 17.5. The highest BCUT2D eigenvalue weighted by atomic mass is 32.2. The summed E-state index contributed by atoms with van der Waals surface area (Å²) < 4.78 is 20.8. The van der Waals surface area contributed by atoms with Crippen LogP contribution in [-0.4, -0.2) is 14.8 Å². The number of nitrogens with zero attached hydrogens (tertiary/aromatic N) is 3. The second-order valence-electron chi connectivity index (χ2n) is 6.31. The number of aromatic nitrogens is 3. The van der Waals surface area contributed by atoms with Gasteiger partial charge < -0.3 is 4.42 Å². The summed E-state index contributed by atoms with van der Waals surface area (Å²) in [5, 5.41) is 9.41. The van der Waals surface area contributed by atoms with Gasteiger partial charge in [-0.2, -0.15) is 0 Å². The molecule has 27 heavy (non-hydrogen) atoms. The molecule has 0 fully saturated rings. The van der Waals surface area contributed by atoms with Gasteiger partial charge in [0.2, 0.25) is 5.82 Å². The number of benzene rings is 2. The Morgan fingerprint density at radius 3 is 2.59 bits per heavy atom. The molecule has 0 aliphatic carbocycles. The van der Waals surface area contributed by atoms with E-state index in [9.17, 15) is 4.39 Å². The maximum Gasteiger partial charge on any atom is 0.205 e. The zero-order chi connectivity index (χ0) is 18.8. The predicted octanol–water partition coefficient (Wildman–Crippen LogP) is 5.58. The molecule has 4 nitrogen and oxygen atoms in total. The maximum absolute atomic E-state index is 13.4. The van der Waals surface area contributed by atoms with E-state index in [-0.39, 0.29) is 5.82 Å². The molecule has 0 radical (unpaired) electrons. The van der Waals surface area contributed by atoms with E-state index >= 15 is 0 Å². The lowest BCUT2D eigenvalue weighted by molar-refractivity contribution is 0.575. The van der Waals surface area contributed by atoms with E-state index in [0.29, 0.717) is 11.6 Å². The molecule has 0 N–H and O–H groups in total. The highest BCUT2D eigenvalue weighted by molar-refractivity contribution is 7.98. The topological polar surface area (TPSA) is 43.9 Å². The zero-order valence-electron chi connectivity index (χ0n) is 15.0. The van der Waals surface area contributed by atoms with Crippen molar-refractivity contribution < 1.29 is 8.81 Å². The molecule has 6 heteroatoms. The minimum atomic E-state index is -0.282. The lowest BCUT2D eigenvalue weighted by Gasteiger charge is -2.10. The molecule has 2 aromatic heterocycles. The molecule has 0 saturated heterocycles. The highest BCUT2D eigenvalue weighted by Gasteiger charge is 2.18. The van der Waals surface area contributed by atoms with E-state index in [1.165, 1.54) is 28.8 Å². The molecule has 4 aromatic rings. The first-order valence-electron chi connectivity index (χ1n) is 8.56. The fraction of sp³-hybridized carbons (Fsp3) is 0.143. The predicted molar refractivity (Wildman–Crippen MR) is 104 cm³/mol. The van der Waals surface area contributed by atoms with Gasteiger partial charge in [0.15, 0.2) is 10.9 Å². The van der Waals surface area contributed by atoms with Gasteiger partial charge >= 0.3 is 0 Å². The molecule has 0 aliphatic heterocycles. The van der Waals surface area contributed by atoms with Gasteiger partial charge in [0.25, 0.3) is 0 Å². The Balaban J connectivity index is 1.72. The van der Waals surface area contributed by atoms with Crippen molar-refractivity contribution in [2.24, 2.45) is 0 Å². The van der Waals surface area contributed by atoms with Crippen molar-refractivity contribution in [3.05, 3.63) is 83.4 Å². The van der Waals surface area contributed by atoms with Crippen LogP contribution >= 0.6 is 11.8 Å². The largest absolute Gasteiger partial charge is 0.461 e. The van der Waals surface area contributed by atoms with Gasteiger partial charge in [-0.05, 0) is 61.4 Å². The van der Waals surface area contributed by atoms with Gasteiger partial charge in [0, 0.05) is 5.75 Å². The van der Waals surface area contributed by atoms with E-state index in [1.807, 2.05) is 16.7 Å². The minimum Gasteiger partial charge on any atom is -0.461 e. The van der Waals surface area contributed by atoms with Crippen LogP contribution in [0.2, 0.25) is 0 Å². The molecule has 0 atom stereocenters. The Labute approximate surface area is 161 Å². The van der Waals surface area contributed by atoms with E-state index in [0.717, 1.165) is 16.6 Å². The molecule has 2 heterocycles. The Hall–Kier alpha value is -2.86. The molecule has 0 aliphatic rings. The Morgan fingerprint density at radius 2 is 1.85 bits per heavy atom. The summed E-state index contributed by atoms with van der Waals surface area (Å²) in [6.07, 6.45) is 1.60. The smallest absolute Gasteiger partial charge is 0.205 e. The monoisotopic (exact) mass is 379 g/mol. The number of rotatable bonds is 5. The highest BCUT2D eigenvalue weighted by Crippen LogP contribution is 2.30. The van der Waals surface area contributed by atoms with Crippen molar-refractivity contribution >= 4 is 11.8 Å². The number of furan rings is 1. The third-order valence-electron chi connectivity index (χ3n) is 4.32. The quantitative estimate of drug-likeness (QED) is 0.425. The minimum absolute atomic E-state index is 0.282. The molecule has 0 saturated carbocycles. The van der Waals surface area contributed by atoms with Crippen LogP contribution < -0.4 is 0 Å². The van der Waals surface area contributed by atoms with Crippen molar-refractivity contribution in [3.63, 3.8) is 0 Å². The lowest BCUT2D eigenvalue weighted by Crippen LogP contribution is -2.00. The van der Waals surface area contributed by atoms with Gasteiger partial charge in [-0.1, -0.05) is 35.5 Å². The summed E-state index contributed by atoms with van der Waals surface area (Å²) in [5.74, 6) is 1.70. The summed E-state index contributed by atoms with van der Waals surface area (Å²) >= 11 is 1.59. The summed E-state index contributed by atoms with van der Waals surface area (Å²) in [4.78, 5) is 0. The lowest BCUT2D eigenvalue weighted by atomic mass is 10.1. The summed E-state index contributed by atoms with van der Waals surface area (Å²) in [6.45, 7) is 4.19. The van der Waals surface area contributed by atoms with E-state index in [2.05, 4.69) is 42.2 Å². The van der Waals surface area contributed by atoms with Crippen molar-refractivity contribution in [1.82, 2.24) is 14.8 Å². The number of hydrogen-bond donors (Lipinski definition) is 0. The van der Waals surface area contributed by atoms with Crippen LogP contribution in [-0.2, 0) is 5.75 Å². The maximum atomic E-state index is 13.4. The average molecular weight is 379 g/mol. The number of hydrogen-bond acceptors (Lipinski definition) is 4. The number of aryl methyl sites for hydroxylation is 2. The fourth-order valence-electron chi connectivity index (χ4n) is 2.85. The zero-order valence-corrected chi connectivity index (χ0v) is 15.8. The third kappa shape index (κ3) is 3.66. The van der Waals surface area contributed by atoms with Crippen LogP contribution in [0.15, 0.2) is 70.4 Å².